The first kappa shape index (κ1) is 14.1. The average Bonchev–Trinajstić information content (AvgIpc) is 2.46. The fraction of sp³-hybridized carbons (Fsp3) is 0.846. The van der Waals surface area contributed by atoms with Crippen molar-refractivity contribution in [3.05, 3.63) is 0 Å². The molecule has 1 saturated carbocycles. The Labute approximate surface area is 113 Å². The lowest BCUT2D eigenvalue weighted by molar-refractivity contribution is -0.135. The number of carboxylic acid groups (broad SMARTS) is 1. The molecule has 0 spiro atoms. The number of carbonyl (C=O) groups is 2. The van der Waals surface area contributed by atoms with Crippen molar-refractivity contribution in [2.24, 2.45) is 11.7 Å². The van der Waals surface area contributed by atoms with Crippen LogP contribution in [0.5, 0.6) is 0 Å². The quantitative estimate of drug-likeness (QED) is 0.773. The molecule has 0 aromatic carbocycles. The standard InChI is InChI=1S/C13H23N3O3/c14-11(10-4-2-1-3-5-10)12(17)15-6-8-16(9-7-15)13(18)19/h10-11H,1-9,14H2,(H,18,19). The van der Waals surface area contributed by atoms with E-state index in [1.807, 2.05) is 0 Å². The van der Waals surface area contributed by atoms with E-state index in [1.165, 1.54) is 24.2 Å². The lowest BCUT2D eigenvalue weighted by Gasteiger charge is -2.36. The second kappa shape index (κ2) is 6.23. The number of nitrogens with zero attached hydrogens (tertiary/aromatic N) is 2. The predicted molar refractivity (Wildman–Crippen MR) is 70.7 cm³/mol. The summed E-state index contributed by atoms with van der Waals surface area (Å²) in [6.45, 7) is 1.70. The Balaban J connectivity index is 1.84. The van der Waals surface area contributed by atoms with E-state index < -0.39 is 12.1 Å². The van der Waals surface area contributed by atoms with E-state index in [2.05, 4.69) is 0 Å². The molecule has 1 unspecified atom stereocenters. The van der Waals surface area contributed by atoms with Gasteiger partial charge in [-0.05, 0) is 18.8 Å². The number of carbonyl (C=O) groups excluding carboxylic acids is 1. The summed E-state index contributed by atoms with van der Waals surface area (Å²) in [6, 6.07) is -0.406. The van der Waals surface area contributed by atoms with Gasteiger partial charge in [-0.1, -0.05) is 19.3 Å². The molecule has 1 atom stereocenters. The van der Waals surface area contributed by atoms with Gasteiger partial charge in [-0.15, -0.1) is 0 Å². The van der Waals surface area contributed by atoms with Gasteiger partial charge in [-0.3, -0.25) is 4.79 Å². The number of rotatable bonds is 2. The molecule has 1 aliphatic carbocycles. The summed E-state index contributed by atoms with van der Waals surface area (Å²) in [4.78, 5) is 26.2. The maximum atomic E-state index is 12.3. The topological polar surface area (TPSA) is 86.9 Å². The Morgan fingerprint density at radius 3 is 2.05 bits per heavy atom. The van der Waals surface area contributed by atoms with Crippen LogP contribution >= 0.6 is 0 Å². The molecule has 19 heavy (non-hydrogen) atoms. The minimum absolute atomic E-state index is 0.00283. The van der Waals surface area contributed by atoms with Crippen LogP contribution in [0.15, 0.2) is 0 Å². The first-order valence-corrected chi connectivity index (χ1v) is 7.12. The summed E-state index contributed by atoms with van der Waals surface area (Å²) in [5.41, 5.74) is 6.10. The van der Waals surface area contributed by atoms with Crippen molar-refractivity contribution in [1.82, 2.24) is 9.80 Å². The summed E-state index contributed by atoms with van der Waals surface area (Å²) >= 11 is 0. The molecule has 1 aliphatic heterocycles. The molecule has 3 N–H and O–H groups in total. The third kappa shape index (κ3) is 3.37. The van der Waals surface area contributed by atoms with Crippen LogP contribution in [0.1, 0.15) is 32.1 Å². The SMILES string of the molecule is NC(C(=O)N1CCN(C(=O)O)CC1)C1CCCCC1. The molecule has 2 rings (SSSR count). The maximum absolute atomic E-state index is 12.3. The lowest BCUT2D eigenvalue weighted by atomic mass is 9.83. The highest BCUT2D eigenvalue weighted by Crippen LogP contribution is 2.26. The summed E-state index contributed by atoms with van der Waals surface area (Å²) in [6.07, 6.45) is 4.75. The van der Waals surface area contributed by atoms with Crippen LogP contribution in [-0.2, 0) is 4.79 Å². The molecule has 1 saturated heterocycles. The molecule has 0 aromatic heterocycles. The normalized spacial score (nSPS) is 23.2. The van der Waals surface area contributed by atoms with Crippen LogP contribution in [0.3, 0.4) is 0 Å². The zero-order valence-corrected chi connectivity index (χ0v) is 11.3. The van der Waals surface area contributed by atoms with E-state index in [0.717, 1.165) is 12.8 Å². The highest BCUT2D eigenvalue weighted by Gasteiger charge is 2.31. The van der Waals surface area contributed by atoms with Gasteiger partial charge in [0.25, 0.3) is 0 Å². The highest BCUT2D eigenvalue weighted by atomic mass is 16.4. The number of amides is 2. The van der Waals surface area contributed by atoms with Gasteiger partial charge in [0.15, 0.2) is 0 Å². The Morgan fingerprint density at radius 1 is 1.00 bits per heavy atom. The lowest BCUT2D eigenvalue weighted by Crippen LogP contribution is -2.55. The zero-order valence-electron chi connectivity index (χ0n) is 11.3. The minimum Gasteiger partial charge on any atom is -0.465 e. The monoisotopic (exact) mass is 269 g/mol. The van der Waals surface area contributed by atoms with Crippen molar-refractivity contribution < 1.29 is 14.7 Å². The second-order valence-corrected chi connectivity index (χ2v) is 5.52. The van der Waals surface area contributed by atoms with E-state index in [9.17, 15) is 9.59 Å². The number of hydrogen-bond donors (Lipinski definition) is 2. The first-order valence-electron chi connectivity index (χ1n) is 7.12. The zero-order chi connectivity index (χ0) is 13.8. The highest BCUT2D eigenvalue weighted by molar-refractivity contribution is 5.82. The van der Waals surface area contributed by atoms with E-state index >= 15 is 0 Å². The van der Waals surface area contributed by atoms with E-state index in [0.29, 0.717) is 32.1 Å². The molecule has 0 bridgehead atoms. The molecule has 2 aliphatic rings. The van der Waals surface area contributed by atoms with Crippen molar-refractivity contribution in [3.63, 3.8) is 0 Å². The molecule has 0 radical (unpaired) electrons. The van der Waals surface area contributed by atoms with E-state index in [1.54, 1.807) is 4.90 Å². The van der Waals surface area contributed by atoms with Gasteiger partial charge in [0, 0.05) is 26.2 Å². The second-order valence-electron chi connectivity index (χ2n) is 5.52. The van der Waals surface area contributed by atoms with Gasteiger partial charge >= 0.3 is 6.09 Å². The fourth-order valence-electron chi connectivity index (χ4n) is 3.02. The largest absolute Gasteiger partial charge is 0.465 e. The van der Waals surface area contributed by atoms with E-state index in [-0.39, 0.29) is 5.91 Å². The Bertz CT molecular complexity index is 334. The molecule has 2 fully saturated rings. The molecule has 1 heterocycles. The van der Waals surface area contributed by atoms with Crippen LogP contribution in [0.25, 0.3) is 0 Å². The molecule has 6 nitrogen and oxygen atoms in total. The summed E-state index contributed by atoms with van der Waals surface area (Å²) in [5, 5.41) is 8.87. The maximum Gasteiger partial charge on any atom is 0.407 e. The van der Waals surface area contributed by atoms with Gasteiger partial charge in [0.1, 0.15) is 0 Å². The molecule has 6 heteroatoms. The van der Waals surface area contributed by atoms with Crippen molar-refractivity contribution >= 4 is 12.0 Å². The number of hydrogen-bond acceptors (Lipinski definition) is 3. The molecule has 2 amide bonds. The smallest absolute Gasteiger partial charge is 0.407 e. The van der Waals surface area contributed by atoms with Crippen molar-refractivity contribution in [2.45, 2.75) is 38.1 Å². The van der Waals surface area contributed by atoms with Gasteiger partial charge in [-0.2, -0.15) is 0 Å². The number of nitrogens with two attached hydrogens (primary N) is 1. The predicted octanol–water partition coefficient (Wildman–Crippen LogP) is 0.716. The summed E-state index contributed by atoms with van der Waals surface area (Å²) in [5.74, 6) is 0.302. The van der Waals surface area contributed by atoms with Crippen LogP contribution in [0.2, 0.25) is 0 Å². The Kier molecular flexibility index (Phi) is 4.63. The van der Waals surface area contributed by atoms with Crippen LogP contribution < -0.4 is 5.73 Å². The van der Waals surface area contributed by atoms with Gasteiger partial charge in [-0.25, -0.2) is 4.79 Å². The van der Waals surface area contributed by atoms with Crippen LogP contribution in [0.4, 0.5) is 4.79 Å². The van der Waals surface area contributed by atoms with Crippen molar-refractivity contribution in [2.75, 3.05) is 26.2 Å². The molecule has 0 aromatic rings. The van der Waals surface area contributed by atoms with Gasteiger partial charge in [0.2, 0.25) is 5.91 Å². The van der Waals surface area contributed by atoms with E-state index in [4.69, 9.17) is 10.8 Å². The first-order chi connectivity index (χ1) is 9.09. The Hall–Kier alpha value is -1.30. The fourth-order valence-corrected chi connectivity index (χ4v) is 3.02. The Morgan fingerprint density at radius 2 is 1.53 bits per heavy atom. The third-order valence-electron chi connectivity index (χ3n) is 4.30. The third-order valence-corrected chi connectivity index (χ3v) is 4.30. The molecular weight excluding hydrogens is 246 g/mol. The average molecular weight is 269 g/mol. The van der Waals surface area contributed by atoms with Crippen molar-refractivity contribution in [1.29, 1.82) is 0 Å². The number of piperazine rings is 1. The van der Waals surface area contributed by atoms with Crippen molar-refractivity contribution in [3.8, 4) is 0 Å². The van der Waals surface area contributed by atoms with Crippen LogP contribution in [-0.4, -0.2) is 59.1 Å². The molecule has 108 valence electrons. The van der Waals surface area contributed by atoms with Crippen LogP contribution in [0, 0.1) is 5.92 Å². The summed E-state index contributed by atoms with van der Waals surface area (Å²) in [7, 11) is 0. The molecular formula is C13H23N3O3. The minimum atomic E-state index is -0.913. The summed E-state index contributed by atoms with van der Waals surface area (Å²) < 4.78 is 0. The van der Waals surface area contributed by atoms with Gasteiger partial charge < -0.3 is 20.6 Å². The van der Waals surface area contributed by atoms with Gasteiger partial charge in [0.05, 0.1) is 6.04 Å².